The Bertz CT molecular complexity index is 531. The number of amides is 1. The number of amidine groups is 1. The van der Waals surface area contributed by atoms with Crippen LogP contribution >= 0.6 is 11.8 Å². The Hall–Kier alpha value is -0.550. The molecular formula is C17H26N2O2S. The molecule has 0 saturated heterocycles. The number of rotatable bonds is 2. The molecule has 0 aromatic heterocycles. The molecule has 0 aromatic carbocycles. The molecule has 0 aromatic rings. The number of hydrogen-bond acceptors (Lipinski definition) is 4. The molecule has 4 aliphatic carbocycles. The molecule has 4 saturated carbocycles. The molecule has 4 nitrogen and oxygen atoms in total. The van der Waals surface area contributed by atoms with Crippen LogP contribution in [0.1, 0.15) is 52.9 Å². The van der Waals surface area contributed by atoms with E-state index in [1.807, 2.05) is 6.92 Å². The van der Waals surface area contributed by atoms with Gasteiger partial charge in [-0.05, 0) is 62.7 Å². The van der Waals surface area contributed by atoms with E-state index in [0.29, 0.717) is 23.8 Å². The van der Waals surface area contributed by atoms with Crippen molar-refractivity contribution in [1.29, 1.82) is 0 Å². The summed E-state index contributed by atoms with van der Waals surface area (Å²) in [5.41, 5.74) is -0.401. The Morgan fingerprint density at radius 2 is 1.91 bits per heavy atom. The highest BCUT2D eigenvalue weighted by atomic mass is 32.2. The maximum atomic E-state index is 12.3. The molecule has 1 amide bonds. The van der Waals surface area contributed by atoms with E-state index in [1.165, 1.54) is 12.8 Å². The summed E-state index contributed by atoms with van der Waals surface area (Å²) in [5.74, 6) is 2.06. The van der Waals surface area contributed by atoms with Gasteiger partial charge in [-0.3, -0.25) is 4.79 Å². The van der Waals surface area contributed by atoms with Gasteiger partial charge < -0.3 is 10.4 Å². The predicted octanol–water partition coefficient (Wildman–Crippen LogP) is 2.56. The van der Waals surface area contributed by atoms with Gasteiger partial charge in [0.1, 0.15) is 4.75 Å². The molecule has 5 rings (SSSR count). The minimum atomic E-state index is -0.424. The normalized spacial score (nSPS) is 49.9. The van der Waals surface area contributed by atoms with E-state index in [0.717, 1.165) is 24.4 Å². The Kier molecular flexibility index (Phi) is 3.22. The zero-order chi connectivity index (χ0) is 15.7. The molecule has 5 aliphatic rings. The smallest absolute Gasteiger partial charge is 0.264 e. The van der Waals surface area contributed by atoms with Gasteiger partial charge in [0.05, 0.1) is 5.60 Å². The minimum absolute atomic E-state index is 0.00237. The van der Waals surface area contributed by atoms with Gasteiger partial charge in [-0.15, -0.1) is 0 Å². The Morgan fingerprint density at radius 3 is 2.41 bits per heavy atom. The van der Waals surface area contributed by atoms with Gasteiger partial charge in [0.25, 0.3) is 5.91 Å². The molecule has 2 N–H and O–H groups in total. The van der Waals surface area contributed by atoms with E-state index in [2.05, 4.69) is 24.2 Å². The van der Waals surface area contributed by atoms with Gasteiger partial charge in [0.2, 0.25) is 0 Å². The summed E-state index contributed by atoms with van der Waals surface area (Å²) in [5, 5.41) is 15.1. The monoisotopic (exact) mass is 322 g/mol. The van der Waals surface area contributed by atoms with Crippen molar-refractivity contribution in [1.82, 2.24) is 5.32 Å². The summed E-state index contributed by atoms with van der Waals surface area (Å²) in [6, 6.07) is 0.394. The molecule has 1 heterocycles. The summed E-state index contributed by atoms with van der Waals surface area (Å²) in [6.45, 7) is 6.17. The maximum Gasteiger partial charge on any atom is 0.264 e. The molecular weight excluding hydrogens is 296 g/mol. The third-order valence-corrected chi connectivity index (χ3v) is 8.04. The number of aliphatic hydroxyl groups is 1. The molecule has 3 unspecified atom stereocenters. The second kappa shape index (κ2) is 4.73. The van der Waals surface area contributed by atoms with Gasteiger partial charge in [-0.1, -0.05) is 25.6 Å². The number of nitrogens with zero attached hydrogens (tertiary/aromatic N) is 1. The van der Waals surface area contributed by atoms with Crippen molar-refractivity contribution in [3.8, 4) is 0 Å². The molecule has 4 fully saturated rings. The van der Waals surface area contributed by atoms with Crippen LogP contribution in [0.25, 0.3) is 0 Å². The first kappa shape index (κ1) is 15.0. The lowest BCUT2D eigenvalue weighted by Crippen LogP contribution is -2.61. The van der Waals surface area contributed by atoms with Crippen molar-refractivity contribution >= 4 is 22.8 Å². The molecule has 22 heavy (non-hydrogen) atoms. The first-order valence-corrected chi connectivity index (χ1v) is 9.42. The number of aliphatic imine (C=N–C) groups is 1. The Balaban J connectivity index is 1.49. The topological polar surface area (TPSA) is 61.7 Å². The maximum absolute atomic E-state index is 12.3. The van der Waals surface area contributed by atoms with Crippen LogP contribution < -0.4 is 5.32 Å². The van der Waals surface area contributed by atoms with E-state index < -0.39 is 10.3 Å². The highest BCUT2D eigenvalue weighted by Crippen LogP contribution is 2.56. The zero-order valence-electron chi connectivity index (χ0n) is 13.6. The van der Waals surface area contributed by atoms with Crippen molar-refractivity contribution in [2.24, 2.45) is 28.7 Å². The molecule has 0 spiro atoms. The van der Waals surface area contributed by atoms with Gasteiger partial charge in [-0.25, -0.2) is 0 Å². The summed E-state index contributed by atoms with van der Waals surface area (Å²) in [4.78, 5) is 16.6. The summed E-state index contributed by atoms with van der Waals surface area (Å²) in [7, 11) is 0. The van der Waals surface area contributed by atoms with E-state index in [-0.39, 0.29) is 11.8 Å². The Labute approximate surface area is 136 Å². The molecule has 4 bridgehead atoms. The number of hydrogen-bond donors (Lipinski definition) is 2. The van der Waals surface area contributed by atoms with Crippen LogP contribution in [-0.2, 0) is 4.79 Å². The van der Waals surface area contributed by atoms with Gasteiger partial charge in [-0.2, -0.15) is 4.99 Å². The largest absolute Gasteiger partial charge is 0.390 e. The van der Waals surface area contributed by atoms with Crippen LogP contribution in [0.2, 0.25) is 0 Å². The van der Waals surface area contributed by atoms with E-state index in [9.17, 15) is 9.90 Å². The molecule has 5 heteroatoms. The van der Waals surface area contributed by atoms with Crippen molar-refractivity contribution in [3.63, 3.8) is 0 Å². The lowest BCUT2D eigenvalue weighted by Gasteiger charge is -2.58. The van der Waals surface area contributed by atoms with E-state index in [4.69, 9.17) is 0 Å². The fourth-order valence-electron chi connectivity index (χ4n) is 5.26. The summed E-state index contributed by atoms with van der Waals surface area (Å²) < 4.78 is -0.424. The summed E-state index contributed by atoms with van der Waals surface area (Å²) >= 11 is 1.60. The average Bonchev–Trinajstić information content (AvgIpc) is 2.68. The van der Waals surface area contributed by atoms with Gasteiger partial charge in [0, 0.05) is 6.04 Å². The van der Waals surface area contributed by atoms with Gasteiger partial charge >= 0.3 is 0 Å². The minimum Gasteiger partial charge on any atom is -0.390 e. The first-order chi connectivity index (χ1) is 10.3. The number of nitrogens with one attached hydrogen (secondary N) is 1. The molecule has 0 radical (unpaired) electrons. The van der Waals surface area contributed by atoms with Crippen molar-refractivity contribution in [2.75, 3.05) is 0 Å². The lowest BCUT2D eigenvalue weighted by molar-refractivity contribution is -0.135. The SMILES string of the molecule is CC(C)C1(C)SC(NC2C3CC4CC2CC(O)(C4)C3)=NC1=O. The third kappa shape index (κ3) is 2.15. The van der Waals surface area contributed by atoms with Crippen molar-refractivity contribution in [2.45, 2.75) is 69.3 Å². The van der Waals surface area contributed by atoms with Crippen LogP contribution in [0.4, 0.5) is 0 Å². The second-order valence-corrected chi connectivity index (χ2v) is 9.89. The van der Waals surface area contributed by atoms with Crippen LogP contribution in [0.3, 0.4) is 0 Å². The van der Waals surface area contributed by atoms with E-state index >= 15 is 0 Å². The number of carbonyl (C=O) groups is 1. The van der Waals surface area contributed by atoms with Crippen molar-refractivity contribution in [3.05, 3.63) is 0 Å². The van der Waals surface area contributed by atoms with Crippen LogP contribution in [0.15, 0.2) is 4.99 Å². The fraction of sp³-hybridized carbons (Fsp3) is 0.882. The average molecular weight is 322 g/mol. The van der Waals surface area contributed by atoms with Gasteiger partial charge in [0.15, 0.2) is 5.17 Å². The van der Waals surface area contributed by atoms with Crippen molar-refractivity contribution < 1.29 is 9.90 Å². The highest BCUT2D eigenvalue weighted by molar-refractivity contribution is 8.16. The third-order valence-electron chi connectivity index (χ3n) is 6.57. The van der Waals surface area contributed by atoms with Crippen LogP contribution in [0.5, 0.6) is 0 Å². The number of carbonyl (C=O) groups excluding carboxylic acids is 1. The first-order valence-electron chi connectivity index (χ1n) is 8.60. The zero-order valence-corrected chi connectivity index (χ0v) is 14.4. The van der Waals surface area contributed by atoms with Crippen LogP contribution in [0, 0.1) is 23.7 Å². The lowest BCUT2D eigenvalue weighted by atomic mass is 9.52. The molecule has 122 valence electrons. The quantitative estimate of drug-likeness (QED) is 0.820. The van der Waals surface area contributed by atoms with E-state index in [1.54, 1.807) is 11.8 Å². The highest BCUT2D eigenvalue weighted by Gasteiger charge is 2.55. The fourth-order valence-corrected chi connectivity index (χ4v) is 6.35. The summed E-state index contributed by atoms with van der Waals surface area (Å²) in [6.07, 6.45) is 5.30. The molecule has 3 atom stereocenters. The standard InChI is InChI=1S/C17H26N2O2S/c1-9(2)16(3)14(20)19-15(22-16)18-13-11-4-10-5-12(13)8-17(21,6-10)7-11/h9-13,21H,4-8H2,1-3H3,(H,18,19,20). The predicted molar refractivity (Wildman–Crippen MR) is 88.7 cm³/mol. The Morgan fingerprint density at radius 1 is 1.27 bits per heavy atom. The second-order valence-electron chi connectivity index (χ2n) is 8.45. The molecule has 1 aliphatic heterocycles. The number of thioether (sulfide) groups is 1. The van der Waals surface area contributed by atoms with Crippen LogP contribution in [-0.4, -0.2) is 32.6 Å².